The average molecular weight is 264 g/mol. The van der Waals surface area contributed by atoms with E-state index in [0.717, 1.165) is 17.7 Å². The second-order valence-corrected chi connectivity index (χ2v) is 4.18. The highest BCUT2D eigenvalue weighted by Gasteiger charge is 2.11. The predicted octanol–water partition coefficient (Wildman–Crippen LogP) is 3.61. The number of benzene rings is 2. The fourth-order valence-corrected chi connectivity index (χ4v) is 1.70. The summed E-state index contributed by atoms with van der Waals surface area (Å²) < 4.78 is 32.0. The number of rotatable bonds is 3. The molecule has 0 saturated carbocycles. The van der Waals surface area contributed by atoms with Gasteiger partial charge in [0.15, 0.2) is 17.4 Å². The van der Waals surface area contributed by atoms with Crippen molar-refractivity contribution in [1.82, 2.24) is 0 Å². The number of nitrogens with two attached hydrogens (primary N) is 1. The molecule has 100 valence electrons. The van der Waals surface area contributed by atoms with Crippen LogP contribution in [0.1, 0.15) is 5.56 Å². The molecule has 0 aliphatic carbocycles. The maximum Gasteiger partial charge on any atom is 0.167 e. The van der Waals surface area contributed by atoms with Gasteiger partial charge in [-0.1, -0.05) is 6.07 Å². The van der Waals surface area contributed by atoms with Gasteiger partial charge in [-0.3, -0.25) is 0 Å². The van der Waals surface area contributed by atoms with E-state index >= 15 is 0 Å². The molecule has 0 aliphatic heterocycles. The zero-order chi connectivity index (χ0) is 14.0. The van der Waals surface area contributed by atoms with Crippen LogP contribution in [0.4, 0.5) is 25.8 Å². The number of anilines is 3. The second-order valence-electron chi connectivity index (χ2n) is 4.18. The van der Waals surface area contributed by atoms with Gasteiger partial charge in [0.1, 0.15) is 0 Å². The summed E-state index contributed by atoms with van der Waals surface area (Å²) >= 11 is 0. The van der Waals surface area contributed by atoms with Crippen molar-refractivity contribution in [3.05, 3.63) is 47.5 Å². The number of nitrogens with one attached hydrogen (secondary N) is 1. The van der Waals surface area contributed by atoms with Gasteiger partial charge in [-0.05, 0) is 24.6 Å². The Balaban J connectivity index is 2.38. The molecule has 0 heterocycles. The highest BCUT2D eigenvalue weighted by molar-refractivity contribution is 5.73. The summed E-state index contributed by atoms with van der Waals surface area (Å²) in [5.74, 6) is -1.39. The summed E-state index contributed by atoms with van der Waals surface area (Å²) in [6, 6.07) is 7.33. The van der Waals surface area contributed by atoms with E-state index in [1.807, 2.05) is 13.0 Å². The molecule has 0 bridgehead atoms. The zero-order valence-corrected chi connectivity index (χ0v) is 10.6. The number of ether oxygens (including phenoxy) is 1. The van der Waals surface area contributed by atoms with Gasteiger partial charge < -0.3 is 15.8 Å². The summed E-state index contributed by atoms with van der Waals surface area (Å²) in [5, 5.41) is 2.78. The van der Waals surface area contributed by atoms with Crippen molar-refractivity contribution in [2.45, 2.75) is 6.92 Å². The molecule has 0 spiro atoms. The van der Waals surface area contributed by atoms with E-state index in [1.165, 1.54) is 7.11 Å². The molecule has 0 aromatic heterocycles. The van der Waals surface area contributed by atoms with Gasteiger partial charge in [0.05, 0.1) is 24.2 Å². The van der Waals surface area contributed by atoms with E-state index in [4.69, 9.17) is 10.5 Å². The van der Waals surface area contributed by atoms with Gasteiger partial charge in [0.2, 0.25) is 0 Å². The minimum atomic E-state index is -0.641. The molecule has 19 heavy (non-hydrogen) atoms. The van der Waals surface area contributed by atoms with Crippen LogP contribution in [-0.2, 0) is 0 Å². The van der Waals surface area contributed by atoms with Crippen LogP contribution < -0.4 is 15.8 Å². The summed E-state index contributed by atoms with van der Waals surface area (Å²) in [4.78, 5) is 0. The number of nitrogen functional groups attached to an aromatic ring is 1. The van der Waals surface area contributed by atoms with Crippen LogP contribution >= 0.6 is 0 Å². The Hall–Kier alpha value is -2.30. The third kappa shape index (κ3) is 2.76. The quantitative estimate of drug-likeness (QED) is 0.832. The van der Waals surface area contributed by atoms with E-state index in [1.54, 1.807) is 12.1 Å². The predicted molar refractivity (Wildman–Crippen MR) is 71.8 cm³/mol. The van der Waals surface area contributed by atoms with Crippen molar-refractivity contribution in [1.29, 1.82) is 0 Å². The number of aryl methyl sites for hydroxylation is 1. The van der Waals surface area contributed by atoms with Crippen molar-refractivity contribution in [3.63, 3.8) is 0 Å². The molecule has 0 amide bonds. The maximum absolute atomic E-state index is 13.8. The minimum Gasteiger partial charge on any atom is -0.494 e. The molecule has 0 unspecified atom stereocenters. The lowest BCUT2D eigenvalue weighted by Crippen LogP contribution is -2.00. The molecule has 2 aromatic rings. The van der Waals surface area contributed by atoms with Gasteiger partial charge in [-0.15, -0.1) is 0 Å². The Bertz CT molecular complexity index is 615. The Morgan fingerprint density at radius 1 is 1.05 bits per heavy atom. The SMILES string of the molecule is COc1cc(F)c(Nc2cc(C)ccc2N)cc1F. The second kappa shape index (κ2) is 5.14. The van der Waals surface area contributed by atoms with E-state index in [9.17, 15) is 8.78 Å². The Morgan fingerprint density at radius 2 is 1.79 bits per heavy atom. The fraction of sp³-hybridized carbons (Fsp3) is 0.143. The lowest BCUT2D eigenvalue weighted by atomic mass is 10.2. The Kier molecular flexibility index (Phi) is 3.55. The zero-order valence-electron chi connectivity index (χ0n) is 10.6. The van der Waals surface area contributed by atoms with Gasteiger partial charge in [0.25, 0.3) is 0 Å². The van der Waals surface area contributed by atoms with Gasteiger partial charge in [-0.25, -0.2) is 8.78 Å². The van der Waals surface area contributed by atoms with Crippen LogP contribution in [0.3, 0.4) is 0 Å². The number of hydrogen-bond donors (Lipinski definition) is 2. The van der Waals surface area contributed by atoms with Crippen LogP contribution in [-0.4, -0.2) is 7.11 Å². The monoisotopic (exact) mass is 264 g/mol. The fourth-order valence-electron chi connectivity index (χ4n) is 1.70. The summed E-state index contributed by atoms with van der Waals surface area (Å²) in [6.45, 7) is 1.88. The van der Waals surface area contributed by atoms with Crippen LogP contribution in [0.25, 0.3) is 0 Å². The van der Waals surface area contributed by atoms with E-state index in [-0.39, 0.29) is 11.4 Å². The molecule has 0 saturated heterocycles. The molecule has 5 heteroatoms. The third-order valence-corrected chi connectivity index (χ3v) is 2.72. The van der Waals surface area contributed by atoms with Crippen molar-refractivity contribution in [2.24, 2.45) is 0 Å². The number of hydrogen-bond acceptors (Lipinski definition) is 3. The molecule has 0 fully saturated rings. The van der Waals surface area contributed by atoms with Crippen molar-refractivity contribution < 1.29 is 13.5 Å². The van der Waals surface area contributed by atoms with Gasteiger partial charge in [0, 0.05) is 12.1 Å². The minimum absolute atomic E-state index is 0.00981. The smallest absolute Gasteiger partial charge is 0.167 e. The summed E-state index contributed by atoms with van der Waals surface area (Å²) in [6.07, 6.45) is 0. The normalized spacial score (nSPS) is 10.3. The molecular weight excluding hydrogens is 250 g/mol. The lowest BCUT2D eigenvalue weighted by Gasteiger charge is -2.12. The highest BCUT2D eigenvalue weighted by Crippen LogP contribution is 2.29. The average Bonchev–Trinajstić information content (AvgIpc) is 2.37. The number of methoxy groups -OCH3 is 1. The van der Waals surface area contributed by atoms with Crippen LogP contribution in [0.5, 0.6) is 5.75 Å². The molecule has 0 atom stereocenters. The standard InChI is InChI=1S/C14H14F2N2O/c1-8-3-4-11(17)13(5-8)18-12-6-10(16)14(19-2)7-9(12)15/h3-7,18H,17H2,1-2H3. The molecule has 2 aromatic carbocycles. The molecule has 3 nitrogen and oxygen atoms in total. The topological polar surface area (TPSA) is 47.3 Å². The number of halogens is 2. The highest BCUT2D eigenvalue weighted by atomic mass is 19.1. The van der Waals surface area contributed by atoms with Crippen LogP contribution in [0, 0.1) is 18.6 Å². The van der Waals surface area contributed by atoms with Crippen molar-refractivity contribution in [2.75, 3.05) is 18.2 Å². The van der Waals surface area contributed by atoms with Gasteiger partial charge in [-0.2, -0.15) is 0 Å². The first-order chi connectivity index (χ1) is 9.01. The molecule has 0 radical (unpaired) electrons. The molecule has 0 aliphatic rings. The Morgan fingerprint density at radius 3 is 2.47 bits per heavy atom. The van der Waals surface area contributed by atoms with Crippen LogP contribution in [0.15, 0.2) is 30.3 Å². The first-order valence-electron chi connectivity index (χ1n) is 5.67. The molecule has 2 rings (SSSR count). The van der Waals surface area contributed by atoms with Crippen LogP contribution in [0.2, 0.25) is 0 Å². The summed E-state index contributed by atoms with van der Waals surface area (Å²) in [7, 11) is 1.28. The summed E-state index contributed by atoms with van der Waals surface area (Å²) in [5.41, 5.74) is 7.74. The van der Waals surface area contributed by atoms with E-state index in [0.29, 0.717) is 11.4 Å². The lowest BCUT2D eigenvalue weighted by molar-refractivity contribution is 0.383. The van der Waals surface area contributed by atoms with E-state index in [2.05, 4.69) is 5.32 Å². The third-order valence-electron chi connectivity index (χ3n) is 2.72. The molecular formula is C14H14F2N2O. The van der Waals surface area contributed by atoms with Crippen molar-refractivity contribution >= 4 is 17.1 Å². The van der Waals surface area contributed by atoms with E-state index < -0.39 is 11.6 Å². The van der Waals surface area contributed by atoms with Gasteiger partial charge >= 0.3 is 0 Å². The molecule has 3 N–H and O–H groups in total. The maximum atomic E-state index is 13.8. The largest absolute Gasteiger partial charge is 0.494 e. The Labute approximate surface area is 110 Å². The first kappa shape index (κ1) is 13.1. The first-order valence-corrected chi connectivity index (χ1v) is 5.67. The van der Waals surface area contributed by atoms with Crippen molar-refractivity contribution in [3.8, 4) is 5.75 Å².